The van der Waals surface area contributed by atoms with E-state index in [1.54, 1.807) is 0 Å². The lowest BCUT2D eigenvalue weighted by Gasteiger charge is -2.13. The molecule has 27 heavy (non-hydrogen) atoms. The van der Waals surface area contributed by atoms with Crippen LogP contribution in [0.5, 0.6) is 0 Å². The van der Waals surface area contributed by atoms with Gasteiger partial charge in [-0.1, -0.05) is 0 Å². The Balaban J connectivity index is 1.64. The number of carbonyl (C=O) groups excluding carboxylic acids is 2. The highest BCUT2D eigenvalue weighted by Crippen LogP contribution is 2.21. The predicted molar refractivity (Wildman–Crippen MR) is 89.8 cm³/mol. The molecule has 1 aliphatic rings. The zero-order valence-corrected chi connectivity index (χ0v) is 14.9. The fraction of sp³-hybridized carbons (Fsp3) is 0.294. The van der Waals surface area contributed by atoms with E-state index in [1.165, 1.54) is 10.5 Å². The van der Waals surface area contributed by atoms with Gasteiger partial charge in [0.1, 0.15) is 10.6 Å². The molecule has 0 spiro atoms. The number of sulfonamides is 1. The van der Waals surface area contributed by atoms with E-state index in [0.29, 0.717) is 19.2 Å². The van der Waals surface area contributed by atoms with Gasteiger partial charge in [0, 0.05) is 24.8 Å². The van der Waals surface area contributed by atoms with Gasteiger partial charge in [-0.25, -0.2) is 22.0 Å². The van der Waals surface area contributed by atoms with E-state index in [2.05, 4.69) is 4.98 Å². The first-order valence-corrected chi connectivity index (χ1v) is 9.57. The first-order chi connectivity index (χ1) is 12.8. The number of halogens is 2. The monoisotopic (exact) mass is 398 g/mol. The number of carbonyl (C=O) groups is 2. The number of H-pyrrole nitrogens is 1. The Hall–Kier alpha value is -2.59. The van der Waals surface area contributed by atoms with Crippen LogP contribution in [0.15, 0.2) is 35.4 Å². The van der Waals surface area contributed by atoms with Crippen LogP contribution >= 0.6 is 0 Å². The van der Waals surface area contributed by atoms with E-state index in [1.807, 2.05) is 0 Å². The van der Waals surface area contributed by atoms with Crippen LogP contribution in [0.1, 0.15) is 33.7 Å². The van der Waals surface area contributed by atoms with Gasteiger partial charge in [0.05, 0.1) is 0 Å². The lowest BCUT2D eigenvalue weighted by molar-refractivity contribution is 0.0469. The van der Waals surface area contributed by atoms with Crippen molar-refractivity contribution in [3.8, 4) is 0 Å². The number of ether oxygens (including phenoxy) is 1. The summed E-state index contributed by atoms with van der Waals surface area (Å²) in [6.07, 6.45) is 2.75. The summed E-state index contributed by atoms with van der Waals surface area (Å²) in [5, 5.41) is 0. The second-order valence-corrected chi connectivity index (χ2v) is 7.93. The largest absolute Gasteiger partial charge is 0.453 e. The highest BCUT2D eigenvalue weighted by Gasteiger charge is 2.29. The molecule has 144 valence electrons. The van der Waals surface area contributed by atoms with Gasteiger partial charge in [-0.05, 0) is 37.1 Å². The molecule has 2 heterocycles. The highest BCUT2D eigenvalue weighted by molar-refractivity contribution is 7.89. The van der Waals surface area contributed by atoms with Crippen molar-refractivity contribution in [1.29, 1.82) is 0 Å². The molecule has 3 rings (SSSR count). The first-order valence-electron chi connectivity index (χ1n) is 8.13. The van der Waals surface area contributed by atoms with Crippen molar-refractivity contribution in [2.75, 3.05) is 19.7 Å². The van der Waals surface area contributed by atoms with Gasteiger partial charge in [0.25, 0.3) is 0 Å². The Kier molecular flexibility index (Phi) is 5.38. The van der Waals surface area contributed by atoms with E-state index >= 15 is 0 Å². The van der Waals surface area contributed by atoms with Crippen LogP contribution in [0.3, 0.4) is 0 Å². The molecule has 1 aromatic heterocycles. The zero-order valence-electron chi connectivity index (χ0n) is 14.1. The minimum Gasteiger partial charge on any atom is -0.453 e. The van der Waals surface area contributed by atoms with Gasteiger partial charge >= 0.3 is 5.97 Å². The average Bonchev–Trinajstić information content (AvgIpc) is 3.33. The Morgan fingerprint density at radius 3 is 2.48 bits per heavy atom. The van der Waals surface area contributed by atoms with Crippen molar-refractivity contribution in [3.63, 3.8) is 0 Å². The maximum atomic E-state index is 13.1. The van der Waals surface area contributed by atoms with Crippen LogP contribution in [0, 0.1) is 11.6 Å². The SMILES string of the molecule is O=C(COC(=O)c1cc(S(=O)(=O)N2CCCC2)c[nH]1)c1ccc(F)c(F)c1. The second-order valence-electron chi connectivity index (χ2n) is 5.99. The third kappa shape index (κ3) is 4.06. The first kappa shape index (κ1) is 19.2. The summed E-state index contributed by atoms with van der Waals surface area (Å²) in [5.41, 5.74) is -0.281. The topological polar surface area (TPSA) is 96.5 Å². The molecule has 0 radical (unpaired) electrons. The molecule has 0 aliphatic carbocycles. The summed E-state index contributed by atoms with van der Waals surface area (Å²) < 4.78 is 57.0. The minimum atomic E-state index is -3.68. The van der Waals surface area contributed by atoms with E-state index in [-0.39, 0.29) is 16.2 Å². The van der Waals surface area contributed by atoms with Crippen LogP contribution in [-0.2, 0) is 14.8 Å². The standard InChI is InChI=1S/C17H16F2N2O5S/c18-13-4-3-11(7-14(13)19)16(22)10-26-17(23)15-8-12(9-20-15)27(24,25)21-5-1-2-6-21/h3-4,7-9,20H,1-2,5-6,10H2. The molecule has 7 nitrogen and oxygen atoms in total. The summed E-state index contributed by atoms with van der Waals surface area (Å²) in [6.45, 7) is 0.156. The molecule has 0 atom stereocenters. The van der Waals surface area contributed by atoms with Crippen LogP contribution in [0.25, 0.3) is 0 Å². The third-order valence-electron chi connectivity index (χ3n) is 4.16. The molecule has 1 aromatic carbocycles. The minimum absolute atomic E-state index is 0.0664. The maximum absolute atomic E-state index is 13.1. The number of aromatic amines is 1. The van der Waals surface area contributed by atoms with Crippen molar-refractivity contribution in [3.05, 3.63) is 53.4 Å². The molecular weight excluding hydrogens is 382 g/mol. The number of esters is 1. The summed E-state index contributed by atoms with van der Waals surface area (Å²) in [4.78, 5) is 26.4. The highest BCUT2D eigenvalue weighted by atomic mass is 32.2. The maximum Gasteiger partial charge on any atom is 0.355 e. The normalized spacial score (nSPS) is 15.0. The molecule has 0 saturated carbocycles. The molecule has 2 aromatic rings. The van der Waals surface area contributed by atoms with Crippen molar-refractivity contribution < 1.29 is 31.5 Å². The number of benzene rings is 1. The molecule has 10 heteroatoms. The van der Waals surface area contributed by atoms with Gasteiger partial charge in [0.2, 0.25) is 10.0 Å². The molecule has 1 saturated heterocycles. The number of aromatic nitrogens is 1. The van der Waals surface area contributed by atoms with Gasteiger partial charge in [-0.15, -0.1) is 0 Å². The third-order valence-corrected chi connectivity index (χ3v) is 6.03. The number of ketones is 1. The van der Waals surface area contributed by atoms with E-state index in [0.717, 1.165) is 31.0 Å². The number of hydrogen-bond donors (Lipinski definition) is 1. The van der Waals surface area contributed by atoms with E-state index in [9.17, 15) is 26.8 Å². The summed E-state index contributed by atoms with van der Waals surface area (Å²) in [6, 6.07) is 3.72. The van der Waals surface area contributed by atoms with Gasteiger partial charge in [-0.2, -0.15) is 4.31 Å². The molecular formula is C17H16F2N2O5S. The molecule has 1 aliphatic heterocycles. The van der Waals surface area contributed by atoms with E-state index in [4.69, 9.17) is 4.74 Å². The molecule has 1 N–H and O–H groups in total. The second kappa shape index (κ2) is 7.57. The van der Waals surface area contributed by atoms with E-state index < -0.39 is 40.0 Å². The van der Waals surface area contributed by atoms with Gasteiger partial charge in [-0.3, -0.25) is 4.79 Å². The molecule has 0 bridgehead atoms. The Morgan fingerprint density at radius 2 is 1.81 bits per heavy atom. The van der Waals surface area contributed by atoms with Crippen LogP contribution < -0.4 is 0 Å². The molecule has 0 unspecified atom stereocenters. The lowest BCUT2D eigenvalue weighted by atomic mass is 10.1. The van der Waals surface area contributed by atoms with Crippen LogP contribution in [-0.4, -0.2) is 49.2 Å². The lowest BCUT2D eigenvalue weighted by Crippen LogP contribution is -2.27. The van der Waals surface area contributed by atoms with Crippen molar-refractivity contribution >= 4 is 21.8 Å². The van der Waals surface area contributed by atoms with Crippen molar-refractivity contribution in [2.24, 2.45) is 0 Å². The number of rotatable bonds is 6. The fourth-order valence-electron chi connectivity index (χ4n) is 2.68. The molecule has 1 fully saturated rings. The Bertz CT molecular complexity index is 981. The number of Topliss-reactive ketones (excluding diaryl/α,β-unsaturated/α-hetero) is 1. The van der Waals surface area contributed by atoms with Crippen LogP contribution in [0.2, 0.25) is 0 Å². The summed E-state index contributed by atoms with van der Waals surface area (Å²) in [7, 11) is -3.68. The van der Waals surface area contributed by atoms with Gasteiger partial charge in [0.15, 0.2) is 24.0 Å². The van der Waals surface area contributed by atoms with Crippen molar-refractivity contribution in [2.45, 2.75) is 17.7 Å². The number of nitrogens with zero attached hydrogens (tertiary/aromatic N) is 1. The summed E-state index contributed by atoms with van der Waals surface area (Å²) >= 11 is 0. The average molecular weight is 398 g/mol. The zero-order chi connectivity index (χ0) is 19.6. The predicted octanol–water partition coefficient (Wildman–Crippen LogP) is 2.12. The van der Waals surface area contributed by atoms with Gasteiger partial charge < -0.3 is 9.72 Å². The Labute approximate surface area is 154 Å². The molecule has 0 amide bonds. The smallest absolute Gasteiger partial charge is 0.355 e. The van der Waals surface area contributed by atoms with Crippen molar-refractivity contribution in [1.82, 2.24) is 9.29 Å². The van der Waals surface area contributed by atoms with Crippen LogP contribution in [0.4, 0.5) is 8.78 Å². The fourth-order valence-corrected chi connectivity index (χ4v) is 4.19. The Morgan fingerprint density at radius 1 is 1.11 bits per heavy atom. The number of nitrogens with one attached hydrogen (secondary N) is 1. The quantitative estimate of drug-likeness (QED) is 0.594. The number of hydrogen-bond acceptors (Lipinski definition) is 5. The summed E-state index contributed by atoms with van der Waals surface area (Å²) in [5.74, 6) is -3.94.